The van der Waals surface area contributed by atoms with Crippen molar-refractivity contribution in [3.05, 3.63) is 71.0 Å². The first-order valence-electron chi connectivity index (χ1n) is 11.1. The Labute approximate surface area is 188 Å². The topological polar surface area (TPSA) is 72.3 Å². The van der Waals surface area contributed by atoms with Gasteiger partial charge < -0.3 is 10.1 Å². The normalized spacial score (nSPS) is 25.1. The number of anilines is 1. The fourth-order valence-corrected chi connectivity index (χ4v) is 5.39. The molecule has 3 atom stereocenters. The van der Waals surface area contributed by atoms with Crippen LogP contribution in [0.1, 0.15) is 48.2 Å². The summed E-state index contributed by atoms with van der Waals surface area (Å²) in [5.74, 6) is 0.947. The second-order valence-electron chi connectivity index (χ2n) is 9.20. The lowest BCUT2D eigenvalue weighted by Crippen LogP contribution is -2.52. The van der Waals surface area contributed by atoms with E-state index in [1.165, 1.54) is 11.1 Å². The molecule has 1 aromatic heterocycles. The fourth-order valence-electron chi connectivity index (χ4n) is 5.39. The van der Waals surface area contributed by atoms with Gasteiger partial charge in [0.05, 0.1) is 24.3 Å². The van der Waals surface area contributed by atoms with Gasteiger partial charge in [-0.2, -0.15) is 0 Å². The first-order chi connectivity index (χ1) is 15.4. The van der Waals surface area contributed by atoms with Gasteiger partial charge in [0.15, 0.2) is 0 Å². The lowest BCUT2D eigenvalue weighted by Gasteiger charge is -2.47. The Balaban J connectivity index is 1.54. The molecule has 1 N–H and O–H groups in total. The minimum Gasteiger partial charge on any atom is -0.497 e. The molecule has 0 saturated carbocycles. The summed E-state index contributed by atoms with van der Waals surface area (Å²) in [6, 6.07) is 14.6. The Hall–Kier alpha value is -3.19. The monoisotopic (exact) mass is 431 g/mol. The van der Waals surface area contributed by atoms with Crippen molar-refractivity contribution in [2.75, 3.05) is 12.4 Å². The van der Waals surface area contributed by atoms with Gasteiger partial charge in [-0.1, -0.05) is 35.0 Å². The number of rotatable bonds is 4. The number of aryl methyl sites for hydroxylation is 2. The molecule has 3 unspecified atom stereocenters. The average Bonchev–Trinajstić information content (AvgIpc) is 3.32. The van der Waals surface area contributed by atoms with Crippen molar-refractivity contribution in [3.8, 4) is 5.75 Å². The van der Waals surface area contributed by atoms with Crippen molar-refractivity contribution in [2.24, 2.45) is 7.05 Å². The molecule has 166 valence electrons. The molecular weight excluding hydrogens is 402 g/mol. The number of hydrogen-bond donors (Lipinski definition) is 1. The summed E-state index contributed by atoms with van der Waals surface area (Å²) in [5.41, 5.74) is 4.78. The average molecular weight is 432 g/mol. The van der Waals surface area contributed by atoms with Crippen molar-refractivity contribution in [1.82, 2.24) is 19.9 Å². The van der Waals surface area contributed by atoms with Gasteiger partial charge in [-0.05, 0) is 56.0 Å². The molecule has 2 aliphatic heterocycles. The second-order valence-corrected chi connectivity index (χ2v) is 9.20. The van der Waals surface area contributed by atoms with E-state index in [4.69, 9.17) is 4.74 Å². The number of amides is 1. The third-order valence-electron chi connectivity index (χ3n) is 7.01. The lowest BCUT2D eigenvalue weighted by atomic mass is 9.68. The molecular formula is C25H29N5O2. The quantitative estimate of drug-likeness (QED) is 0.681. The van der Waals surface area contributed by atoms with Crippen LogP contribution in [-0.4, -0.2) is 39.0 Å². The standard InChI is InChI=1S/C25H29N5O2/c1-16-5-10-21-20(11-16)25(24(31)26-21)12-17(2)30(14-18-6-8-19(32-4)9-7-18)23(13-25)22-15-29(3)28-27-22/h5-11,15,17,23H,12-14H2,1-4H3,(H,26,31). The SMILES string of the molecule is COc1ccc(CN2C(C)CC3(CC2c2cn(C)nn2)C(=O)Nc2ccc(C)cc23)cc1. The van der Waals surface area contributed by atoms with Crippen LogP contribution in [-0.2, 0) is 23.8 Å². The van der Waals surface area contributed by atoms with Gasteiger partial charge >= 0.3 is 0 Å². The highest BCUT2D eigenvalue weighted by Crippen LogP contribution is 2.52. The molecule has 1 saturated heterocycles. The number of nitrogens with zero attached hydrogens (tertiary/aromatic N) is 4. The highest BCUT2D eigenvalue weighted by molar-refractivity contribution is 6.06. The molecule has 7 nitrogen and oxygen atoms in total. The van der Waals surface area contributed by atoms with Crippen LogP contribution in [0, 0.1) is 6.92 Å². The van der Waals surface area contributed by atoms with Gasteiger partial charge in [0.25, 0.3) is 0 Å². The molecule has 2 aliphatic rings. The second kappa shape index (κ2) is 7.74. The molecule has 3 heterocycles. The number of likely N-dealkylation sites (tertiary alicyclic amines) is 1. The van der Waals surface area contributed by atoms with E-state index in [1.807, 2.05) is 31.4 Å². The van der Waals surface area contributed by atoms with Gasteiger partial charge in [0.2, 0.25) is 5.91 Å². The van der Waals surface area contributed by atoms with Crippen molar-refractivity contribution < 1.29 is 9.53 Å². The first kappa shape index (κ1) is 20.7. The summed E-state index contributed by atoms with van der Waals surface area (Å²) >= 11 is 0. The summed E-state index contributed by atoms with van der Waals surface area (Å²) in [7, 11) is 3.56. The number of carbonyl (C=O) groups is 1. The summed E-state index contributed by atoms with van der Waals surface area (Å²) in [6.07, 6.45) is 3.41. The molecule has 0 radical (unpaired) electrons. The molecule has 1 spiro atoms. The maximum Gasteiger partial charge on any atom is 0.235 e. The molecule has 1 fully saturated rings. The number of ether oxygens (including phenoxy) is 1. The molecule has 5 rings (SSSR count). The molecule has 1 amide bonds. The summed E-state index contributed by atoms with van der Waals surface area (Å²) in [6.45, 7) is 5.07. The number of hydrogen-bond acceptors (Lipinski definition) is 5. The molecule has 7 heteroatoms. The van der Waals surface area contributed by atoms with E-state index in [-0.39, 0.29) is 18.0 Å². The van der Waals surface area contributed by atoms with Gasteiger partial charge in [-0.3, -0.25) is 14.4 Å². The number of nitrogens with one attached hydrogen (secondary N) is 1. The number of benzene rings is 2. The van der Waals surface area contributed by atoms with E-state index in [0.29, 0.717) is 6.42 Å². The third-order valence-corrected chi connectivity index (χ3v) is 7.01. The first-order valence-corrected chi connectivity index (χ1v) is 11.1. The zero-order chi connectivity index (χ0) is 22.5. The molecule has 32 heavy (non-hydrogen) atoms. The van der Waals surface area contributed by atoms with E-state index in [1.54, 1.807) is 11.8 Å². The highest BCUT2D eigenvalue weighted by Gasteiger charge is 2.54. The summed E-state index contributed by atoms with van der Waals surface area (Å²) in [5, 5.41) is 11.8. The van der Waals surface area contributed by atoms with Gasteiger partial charge in [-0.15, -0.1) is 5.10 Å². The van der Waals surface area contributed by atoms with E-state index >= 15 is 0 Å². The van der Waals surface area contributed by atoms with Crippen LogP contribution in [0.4, 0.5) is 5.69 Å². The number of aromatic nitrogens is 3. The van der Waals surface area contributed by atoms with E-state index < -0.39 is 5.41 Å². The van der Waals surface area contributed by atoms with Crippen molar-refractivity contribution >= 4 is 11.6 Å². The Kier molecular flexibility index (Phi) is 5.01. The minimum absolute atomic E-state index is 0.0215. The summed E-state index contributed by atoms with van der Waals surface area (Å²) < 4.78 is 7.05. The molecule has 2 aromatic carbocycles. The minimum atomic E-state index is -0.556. The number of piperidine rings is 1. The Morgan fingerprint density at radius 1 is 1.19 bits per heavy atom. The van der Waals surface area contributed by atoms with Crippen molar-refractivity contribution in [1.29, 1.82) is 0 Å². The lowest BCUT2D eigenvalue weighted by molar-refractivity contribution is -0.124. The molecule has 3 aromatic rings. The van der Waals surface area contributed by atoms with Crippen LogP contribution in [0.3, 0.4) is 0 Å². The predicted molar refractivity (Wildman–Crippen MR) is 122 cm³/mol. The van der Waals surface area contributed by atoms with Crippen LogP contribution in [0.25, 0.3) is 0 Å². The fraction of sp³-hybridized carbons (Fsp3) is 0.400. The van der Waals surface area contributed by atoms with Crippen LogP contribution in [0.2, 0.25) is 0 Å². The number of carbonyl (C=O) groups excluding carboxylic acids is 1. The van der Waals surface area contributed by atoms with Gasteiger partial charge in [0.1, 0.15) is 5.75 Å². The number of fused-ring (bicyclic) bond motifs is 2. The summed E-state index contributed by atoms with van der Waals surface area (Å²) in [4.78, 5) is 15.9. The van der Waals surface area contributed by atoms with Crippen molar-refractivity contribution in [3.63, 3.8) is 0 Å². The largest absolute Gasteiger partial charge is 0.497 e. The zero-order valence-electron chi connectivity index (χ0n) is 19.0. The Morgan fingerprint density at radius 2 is 1.97 bits per heavy atom. The molecule has 0 aliphatic carbocycles. The third kappa shape index (κ3) is 3.37. The maximum absolute atomic E-state index is 13.4. The van der Waals surface area contributed by atoms with E-state index in [9.17, 15) is 4.79 Å². The van der Waals surface area contributed by atoms with E-state index in [0.717, 1.165) is 35.7 Å². The number of methoxy groups -OCH3 is 1. The van der Waals surface area contributed by atoms with Crippen LogP contribution >= 0.6 is 0 Å². The maximum atomic E-state index is 13.4. The zero-order valence-corrected chi connectivity index (χ0v) is 19.0. The van der Waals surface area contributed by atoms with E-state index in [2.05, 4.69) is 58.6 Å². The highest BCUT2D eigenvalue weighted by atomic mass is 16.5. The van der Waals surface area contributed by atoms with Crippen LogP contribution in [0.5, 0.6) is 5.75 Å². The smallest absolute Gasteiger partial charge is 0.235 e. The van der Waals surface area contributed by atoms with Crippen LogP contribution < -0.4 is 10.1 Å². The van der Waals surface area contributed by atoms with Gasteiger partial charge in [0, 0.05) is 31.5 Å². The predicted octanol–water partition coefficient (Wildman–Crippen LogP) is 3.75. The Morgan fingerprint density at radius 3 is 2.66 bits per heavy atom. The van der Waals surface area contributed by atoms with Gasteiger partial charge in [-0.25, -0.2) is 0 Å². The Bertz CT molecular complexity index is 1160. The van der Waals surface area contributed by atoms with Crippen molar-refractivity contribution in [2.45, 2.75) is 50.7 Å². The van der Waals surface area contributed by atoms with Crippen LogP contribution in [0.15, 0.2) is 48.7 Å². The molecule has 0 bridgehead atoms.